The lowest BCUT2D eigenvalue weighted by molar-refractivity contribution is -0.119. The molecule has 1 saturated carbocycles. The van der Waals surface area contributed by atoms with Gasteiger partial charge in [0.2, 0.25) is 0 Å². The predicted octanol–water partition coefficient (Wildman–Crippen LogP) is 4.51. The van der Waals surface area contributed by atoms with Crippen molar-refractivity contribution in [1.29, 1.82) is 0 Å². The summed E-state index contributed by atoms with van der Waals surface area (Å²) in [6.07, 6.45) is 7.99. The van der Waals surface area contributed by atoms with Crippen LogP contribution >= 0.6 is 0 Å². The molecule has 2 bridgehead atoms. The van der Waals surface area contributed by atoms with Crippen LogP contribution < -0.4 is 10.4 Å². The Morgan fingerprint density at radius 1 is 0.900 bits per heavy atom. The van der Waals surface area contributed by atoms with E-state index in [9.17, 15) is 4.79 Å². The van der Waals surface area contributed by atoms with Gasteiger partial charge in [-0.25, -0.2) is 0 Å². The summed E-state index contributed by atoms with van der Waals surface area (Å²) in [7, 11) is -2.61. The van der Waals surface area contributed by atoms with Crippen molar-refractivity contribution >= 4 is 24.5 Å². The molecule has 0 radical (unpaired) electrons. The van der Waals surface area contributed by atoms with Crippen LogP contribution in [0.1, 0.15) is 27.2 Å². The van der Waals surface area contributed by atoms with E-state index in [1.54, 1.807) is 0 Å². The Kier molecular flexibility index (Phi) is 4.72. The van der Waals surface area contributed by atoms with Crippen molar-refractivity contribution in [3.63, 3.8) is 0 Å². The molecule has 0 aromatic heterocycles. The lowest BCUT2D eigenvalue weighted by Crippen LogP contribution is -2.66. The van der Waals surface area contributed by atoms with E-state index in [4.69, 9.17) is 4.43 Å². The Hall–Kier alpha value is -2.23. The van der Waals surface area contributed by atoms with Gasteiger partial charge in [-0.1, -0.05) is 99.7 Å². The second-order valence-electron chi connectivity index (χ2n) is 10.1. The number of carbonyl (C=O) groups is 1. The van der Waals surface area contributed by atoms with E-state index in [1.165, 1.54) is 10.4 Å². The lowest BCUT2D eigenvalue weighted by atomic mass is 9.85. The molecule has 0 spiro atoms. The minimum absolute atomic E-state index is 0.0750. The fourth-order valence-corrected chi connectivity index (χ4v) is 10.6. The molecule has 0 heterocycles. The van der Waals surface area contributed by atoms with Crippen LogP contribution in [-0.4, -0.2) is 20.7 Å². The van der Waals surface area contributed by atoms with Gasteiger partial charge in [0.15, 0.2) is 5.78 Å². The molecule has 4 atom stereocenters. The van der Waals surface area contributed by atoms with E-state index in [0.29, 0.717) is 30.1 Å². The average Bonchev–Trinajstić information content (AvgIpc) is 3.43. The van der Waals surface area contributed by atoms with Crippen LogP contribution in [0.15, 0.2) is 84.5 Å². The third-order valence-corrected chi connectivity index (χ3v) is 12.4. The topological polar surface area (TPSA) is 26.3 Å². The molecule has 5 rings (SSSR count). The number of carbonyl (C=O) groups excluding carboxylic acids is 1. The number of rotatable bonds is 5. The van der Waals surface area contributed by atoms with E-state index in [0.717, 1.165) is 12.0 Å². The normalized spacial score (nSPS) is 27.4. The van der Waals surface area contributed by atoms with Crippen LogP contribution in [0.2, 0.25) is 5.04 Å². The number of hydrogen-bond acceptors (Lipinski definition) is 2. The van der Waals surface area contributed by atoms with Crippen molar-refractivity contribution < 1.29 is 9.22 Å². The number of Topliss-reactive ketones (excluding diaryl/α,β-unsaturated/α-hetero) is 1. The Labute approximate surface area is 180 Å². The number of hydrogen-bond donors (Lipinski definition) is 0. The average molecular weight is 415 g/mol. The first-order valence-electron chi connectivity index (χ1n) is 11.1. The van der Waals surface area contributed by atoms with Crippen LogP contribution in [0.5, 0.6) is 0 Å². The molecule has 0 N–H and O–H groups in total. The van der Waals surface area contributed by atoms with Crippen LogP contribution in [-0.2, 0) is 9.22 Å². The summed E-state index contributed by atoms with van der Waals surface area (Å²) in [5.41, 5.74) is 0.899. The minimum atomic E-state index is -2.61. The van der Waals surface area contributed by atoms with Crippen molar-refractivity contribution in [3.05, 3.63) is 84.5 Å². The zero-order chi connectivity index (χ0) is 20.9. The van der Waals surface area contributed by atoms with Gasteiger partial charge in [-0.2, -0.15) is 0 Å². The second kappa shape index (κ2) is 7.18. The smallest absolute Gasteiger partial charge is 0.261 e. The number of ketones is 1. The maximum Gasteiger partial charge on any atom is 0.261 e. The molecule has 0 saturated heterocycles. The molecule has 0 unspecified atom stereocenters. The maximum absolute atomic E-state index is 13.2. The summed E-state index contributed by atoms with van der Waals surface area (Å²) in [5, 5.41) is 2.45. The number of allylic oxidation sites excluding steroid dienone is 3. The van der Waals surface area contributed by atoms with Gasteiger partial charge in [0, 0.05) is 11.5 Å². The molecule has 3 aliphatic rings. The third kappa shape index (κ3) is 2.90. The summed E-state index contributed by atoms with van der Waals surface area (Å²) in [6, 6.07) is 21.3. The summed E-state index contributed by atoms with van der Waals surface area (Å²) in [6.45, 7) is 7.26. The molecule has 30 heavy (non-hydrogen) atoms. The van der Waals surface area contributed by atoms with Gasteiger partial charge >= 0.3 is 0 Å². The molecule has 1 fully saturated rings. The molecule has 2 nitrogen and oxygen atoms in total. The number of benzene rings is 2. The van der Waals surface area contributed by atoms with Gasteiger partial charge in [-0.05, 0) is 39.6 Å². The molecule has 0 amide bonds. The molecule has 0 aliphatic heterocycles. The van der Waals surface area contributed by atoms with E-state index in [1.807, 2.05) is 0 Å². The molecular weight excluding hydrogens is 384 g/mol. The van der Waals surface area contributed by atoms with E-state index >= 15 is 0 Å². The Bertz CT molecular complexity index is 961. The summed E-state index contributed by atoms with van der Waals surface area (Å²) < 4.78 is 7.01. The monoisotopic (exact) mass is 414 g/mol. The van der Waals surface area contributed by atoms with E-state index in [2.05, 4.69) is 99.7 Å². The van der Waals surface area contributed by atoms with Crippen molar-refractivity contribution in [3.8, 4) is 0 Å². The molecule has 2 aromatic rings. The molecule has 154 valence electrons. The molecule has 3 heteroatoms. The zero-order valence-corrected chi connectivity index (χ0v) is 19.0. The highest BCUT2D eigenvalue weighted by molar-refractivity contribution is 6.99. The lowest BCUT2D eigenvalue weighted by Gasteiger charge is -2.43. The molecule has 3 aliphatic carbocycles. The van der Waals surface area contributed by atoms with Gasteiger partial charge in [0.05, 0.1) is 6.61 Å². The highest BCUT2D eigenvalue weighted by Gasteiger charge is 2.53. The van der Waals surface area contributed by atoms with Crippen LogP contribution in [0.4, 0.5) is 0 Å². The first kappa shape index (κ1) is 19.7. The Morgan fingerprint density at radius 2 is 1.47 bits per heavy atom. The van der Waals surface area contributed by atoms with Gasteiger partial charge in [-0.15, -0.1) is 0 Å². The van der Waals surface area contributed by atoms with Gasteiger partial charge in [-0.3, -0.25) is 4.79 Å². The van der Waals surface area contributed by atoms with Crippen molar-refractivity contribution in [2.24, 2.45) is 23.7 Å². The SMILES string of the molecule is CC(C)(C)[Si](OCC1=C[C@@H]2[C@H](C1=O)[C@H]1C=C[C@@H]2C1)(c1ccccc1)c1ccccc1. The summed E-state index contributed by atoms with van der Waals surface area (Å²) in [5.74, 6) is 1.88. The summed E-state index contributed by atoms with van der Waals surface area (Å²) in [4.78, 5) is 13.2. The van der Waals surface area contributed by atoms with E-state index in [-0.39, 0.29) is 11.0 Å². The predicted molar refractivity (Wildman–Crippen MR) is 124 cm³/mol. The Balaban J connectivity index is 1.52. The largest absolute Gasteiger partial charge is 0.403 e. The quantitative estimate of drug-likeness (QED) is 0.531. The third-order valence-electron chi connectivity index (χ3n) is 7.39. The second-order valence-corrected chi connectivity index (χ2v) is 14.4. The van der Waals surface area contributed by atoms with Gasteiger partial charge in [0.1, 0.15) is 0 Å². The van der Waals surface area contributed by atoms with Crippen molar-refractivity contribution in [2.45, 2.75) is 32.2 Å². The fourth-order valence-electron chi connectivity index (χ4n) is 6.05. The molecular formula is C27H30O2Si. The minimum Gasteiger partial charge on any atom is -0.403 e. The van der Waals surface area contributed by atoms with E-state index < -0.39 is 8.32 Å². The van der Waals surface area contributed by atoms with Crippen molar-refractivity contribution in [1.82, 2.24) is 0 Å². The zero-order valence-electron chi connectivity index (χ0n) is 18.0. The van der Waals surface area contributed by atoms with Gasteiger partial charge in [0.25, 0.3) is 8.32 Å². The molecule has 2 aromatic carbocycles. The standard InChI is InChI=1S/C27H30O2Si/c1-27(2,3)30(22-10-6-4-7-11-22,23-12-8-5-9-13-23)29-18-21-17-24-19-14-15-20(16-19)25(24)26(21)28/h4-15,17,19-20,24-25H,16,18H2,1-3H3/t19-,20+,24+,25-/m1/s1. The highest BCUT2D eigenvalue weighted by Crippen LogP contribution is 2.53. The fraction of sp³-hybridized carbons (Fsp3) is 0.370. The van der Waals surface area contributed by atoms with Crippen LogP contribution in [0.25, 0.3) is 0 Å². The number of fused-ring (bicyclic) bond motifs is 5. The summed E-state index contributed by atoms with van der Waals surface area (Å²) >= 11 is 0. The first-order chi connectivity index (χ1) is 14.4. The maximum atomic E-state index is 13.2. The Morgan fingerprint density at radius 3 is 2.00 bits per heavy atom. The van der Waals surface area contributed by atoms with Crippen LogP contribution in [0.3, 0.4) is 0 Å². The van der Waals surface area contributed by atoms with Crippen LogP contribution in [0, 0.1) is 23.7 Å². The van der Waals surface area contributed by atoms with Gasteiger partial charge < -0.3 is 4.43 Å². The highest BCUT2D eigenvalue weighted by atomic mass is 28.4. The first-order valence-corrected chi connectivity index (χ1v) is 13.0. The van der Waals surface area contributed by atoms with Crippen molar-refractivity contribution in [2.75, 3.05) is 6.61 Å².